The van der Waals surface area contributed by atoms with Gasteiger partial charge in [0.25, 0.3) is 5.91 Å². The number of hydrogen-bond donors (Lipinski definition) is 3. The van der Waals surface area contributed by atoms with Gasteiger partial charge in [-0.2, -0.15) is 0 Å². The Morgan fingerprint density at radius 3 is 2.80 bits per heavy atom. The smallest absolute Gasteiger partial charge is 0.334 e. The number of terminal acetylenes is 1. The van der Waals surface area contributed by atoms with E-state index in [0.29, 0.717) is 5.56 Å². The first-order chi connectivity index (χ1) is 9.63. The Morgan fingerprint density at radius 1 is 1.30 bits per heavy atom. The zero-order valence-electron chi connectivity index (χ0n) is 10.9. The molecule has 0 unspecified atom stereocenters. The third kappa shape index (κ3) is 2.72. The van der Waals surface area contributed by atoms with Crippen LogP contribution in [0.4, 0.5) is 4.79 Å². The molecule has 1 aromatic carbocycles. The van der Waals surface area contributed by atoms with Gasteiger partial charge in [-0.25, -0.2) is 10.2 Å². The summed E-state index contributed by atoms with van der Waals surface area (Å²) in [7, 11) is 1.85. The van der Waals surface area contributed by atoms with E-state index in [1.165, 1.54) is 0 Å². The summed E-state index contributed by atoms with van der Waals surface area (Å²) in [4.78, 5) is 23.3. The second-order valence-corrected chi connectivity index (χ2v) is 4.14. The summed E-state index contributed by atoms with van der Waals surface area (Å²) in [5.74, 6) is 1.87. The van der Waals surface area contributed by atoms with Gasteiger partial charge in [0, 0.05) is 24.1 Å². The Labute approximate surface area is 116 Å². The van der Waals surface area contributed by atoms with Crippen LogP contribution in [0, 0.1) is 12.3 Å². The molecule has 1 heterocycles. The second-order valence-electron chi connectivity index (χ2n) is 4.14. The molecular formula is C14H14N4O2. The Hall–Kier alpha value is -2.94. The minimum absolute atomic E-state index is 0.0932. The quantitative estimate of drug-likeness (QED) is 0.556. The summed E-state index contributed by atoms with van der Waals surface area (Å²) in [5.41, 5.74) is 5.99. The van der Waals surface area contributed by atoms with Crippen LogP contribution in [0.15, 0.2) is 30.5 Å². The van der Waals surface area contributed by atoms with Gasteiger partial charge in [0.1, 0.15) is 0 Å². The highest BCUT2D eigenvalue weighted by Gasteiger charge is 2.13. The molecule has 6 nitrogen and oxygen atoms in total. The number of rotatable bonds is 2. The van der Waals surface area contributed by atoms with E-state index < -0.39 is 11.9 Å². The number of fused-ring (bicyclic) bond motifs is 1. The van der Waals surface area contributed by atoms with Crippen LogP contribution < -0.4 is 16.2 Å². The summed E-state index contributed by atoms with van der Waals surface area (Å²) in [6.45, 7) is 0.0932. The number of carbonyl (C=O) groups excluding carboxylic acids is 2. The van der Waals surface area contributed by atoms with Crippen LogP contribution in [0.5, 0.6) is 0 Å². The van der Waals surface area contributed by atoms with Gasteiger partial charge in [-0.3, -0.25) is 10.2 Å². The highest BCUT2D eigenvalue weighted by atomic mass is 16.2. The number of aryl methyl sites for hydroxylation is 1. The lowest BCUT2D eigenvalue weighted by molar-refractivity contribution is 0.0938. The molecule has 0 aliphatic heterocycles. The summed E-state index contributed by atoms with van der Waals surface area (Å²) < 4.78 is 1.85. The van der Waals surface area contributed by atoms with E-state index in [9.17, 15) is 9.59 Å². The van der Waals surface area contributed by atoms with Crippen LogP contribution in [0.25, 0.3) is 10.9 Å². The van der Waals surface area contributed by atoms with Crippen LogP contribution in [0.3, 0.4) is 0 Å². The minimum atomic E-state index is -0.559. The number of urea groups is 1. The number of amides is 3. The largest absolute Gasteiger partial charge is 0.350 e. The van der Waals surface area contributed by atoms with E-state index in [0.717, 1.165) is 10.9 Å². The van der Waals surface area contributed by atoms with Crippen molar-refractivity contribution in [3.05, 3.63) is 36.0 Å². The third-order valence-corrected chi connectivity index (χ3v) is 2.78. The fraction of sp³-hybridized carbons (Fsp3) is 0.143. The topological polar surface area (TPSA) is 75.2 Å². The van der Waals surface area contributed by atoms with E-state index in [4.69, 9.17) is 6.42 Å². The van der Waals surface area contributed by atoms with Crippen molar-refractivity contribution in [2.45, 2.75) is 0 Å². The minimum Gasteiger partial charge on any atom is -0.350 e. The van der Waals surface area contributed by atoms with E-state index in [2.05, 4.69) is 22.1 Å². The highest BCUT2D eigenvalue weighted by Crippen LogP contribution is 2.19. The van der Waals surface area contributed by atoms with E-state index in [1.54, 1.807) is 6.20 Å². The van der Waals surface area contributed by atoms with Crippen LogP contribution in [-0.4, -0.2) is 23.1 Å². The number of aromatic nitrogens is 1. The molecule has 0 saturated heterocycles. The summed E-state index contributed by atoms with van der Waals surface area (Å²) >= 11 is 0. The number of para-hydroxylation sites is 1. The lowest BCUT2D eigenvalue weighted by Gasteiger charge is -2.06. The summed E-state index contributed by atoms with van der Waals surface area (Å²) in [5, 5.41) is 3.19. The van der Waals surface area contributed by atoms with Gasteiger partial charge in [0.15, 0.2) is 0 Å². The maximum absolute atomic E-state index is 12.0. The Kier molecular flexibility index (Phi) is 3.91. The first kappa shape index (κ1) is 13.5. The number of nitrogens with one attached hydrogen (secondary N) is 3. The van der Waals surface area contributed by atoms with Gasteiger partial charge in [-0.1, -0.05) is 24.1 Å². The molecule has 2 rings (SSSR count). The number of carbonyl (C=O) groups is 2. The van der Waals surface area contributed by atoms with Crippen molar-refractivity contribution in [1.29, 1.82) is 0 Å². The number of benzene rings is 1. The van der Waals surface area contributed by atoms with Gasteiger partial charge in [-0.05, 0) is 6.07 Å². The van der Waals surface area contributed by atoms with Crippen molar-refractivity contribution >= 4 is 22.8 Å². The standard InChI is InChI=1S/C14H14N4O2/c1-3-8-15-14(20)17-16-13(19)11-9-18(2)12-7-5-4-6-10(11)12/h1,4-7,9H,8H2,2H3,(H,16,19)(H2,15,17,20). The molecular weight excluding hydrogens is 256 g/mol. The zero-order valence-corrected chi connectivity index (χ0v) is 10.9. The lowest BCUT2D eigenvalue weighted by Crippen LogP contribution is -2.46. The molecule has 0 atom stereocenters. The molecule has 3 N–H and O–H groups in total. The first-order valence-electron chi connectivity index (χ1n) is 5.95. The molecule has 0 aliphatic rings. The van der Waals surface area contributed by atoms with Crippen molar-refractivity contribution in [3.8, 4) is 12.3 Å². The van der Waals surface area contributed by atoms with Gasteiger partial charge in [0.05, 0.1) is 12.1 Å². The van der Waals surface area contributed by atoms with E-state index in [1.807, 2.05) is 35.9 Å². The maximum Gasteiger partial charge on any atom is 0.334 e. The molecule has 6 heteroatoms. The maximum atomic E-state index is 12.0. The molecule has 0 fully saturated rings. The van der Waals surface area contributed by atoms with Gasteiger partial charge in [-0.15, -0.1) is 6.42 Å². The van der Waals surface area contributed by atoms with E-state index >= 15 is 0 Å². The monoisotopic (exact) mass is 270 g/mol. The normalized spacial score (nSPS) is 9.80. The number of hydrogen-bond acceptors (Lipinski definition) is 2. The molecule has 1 aromatic heterocycles. The first-order valence-corrected chi connectivity index (χ1v) is 5.95. The molecule has 2 aromatic rings. The van der Waals surface area contributed by atoms with Crippen molar-refractivity contribution < 1.29 is 9.59 Å². The highest BCUT2D eigenvalue weighted by molar-refractivity contribution is 6.07. The van der Waals surface area contributed by atoms with Gasteiger partial charge >= 0.3 is 6.03 Å². The van der Waals surface area contributed by atoms with Gasteiger partial charge in [0.2, 0.25) is 0 Å². The van der Waals surface area contributed by atoms with Crippen molar-refractivity contribution in [2.24, 2.45) is 7.05 Å². The Balaban J connectivity index is 2.09. The molecule has 0 radical (unpaired) electrons. The molecule has 0 aliphatic carbocycles. The Bertz CT molecular complexity index is 697. The molecule has 3 amide bonds. The fourth-order valence-corrected chi connectivity index (χ4v) is 1.88. The van der Waals surface area contributed by atoms with Crippen LogP contribution in [-0.2, 0) is 7.05 Å². The second kappa shape index (κ2) is 5.80. The predicted octanol–water partition coefficient (Wildman–Crippen LogP) is 0.755. The van der Waals surface area contributed by atoms with Crippen molar-refractivity contribution in [1.82, 2.24) is 20.7 Å². The predicted molar refractivity (Wildman–Crippen MR) is 75.8 cm³/mol. The molecule has 0 spiro atoms. The van der Waals surface area contributed by atoms with E-state index in [-0.39, 0.29) is 6.54 Å². The average molecular weight is 270 g/mol. The molecule has 0 bridgehead atoms. The summed E-state index contributed by atoms with van der Waals surface area (Å²) in [6, 6.07) is 6.96. The lowest BCUT2D eigenvalue weighted by atomic mass is 10.2. The van der Waals surface area contributed by atoms with Crippen LogP contribution in [0.2, 0.25) is 0 Å². The SMILES string of the molecule is C#CCNC(=O)NNC(=O)c1cn(C)c2ccccc12. The van der Waals surface area contributed by atoms with Crippen LogP contribution >= 0.6 is 0 Å². The summed E-state index contributed by atoms with van der Waals surface area (Å²) in [6.07, 6.45) is 6.72. The van der Waals surface area contributed by atoms with Crippen molar-refractivity contribution in [3.63, 3.8) is 0 Å². The third-order valence-electron chi connectivity index (χ3n) is 2.78. The molecule has 0 saturated carbocycles. The average Bonchev–Trinajstić information content (AvgIpc) is 2.80. The fourth-order valence-electron chi connectivity index (χ4n) is 1.88. The number of nitrogens with zero attached hydrogens (tertiary/aromatic N) is 1. The Morgan fingerprint density at radius 2 is 2.05 bits per heavy atom. The molecule has 20 heavy (non-hydrogen) atoms. The van der Waals surface area contributed by atoms with Crippen molar-refractivity contribution in [2.75, 3.05) is 6.54 Å². The molecule has 102 valence electrons. The van der Waals surface area contributed by atoms with Gasteiger partial charge < -0.3 is 9.88 Å². The van der Waals surface area contributed by atoms with Crippen LogP contribution in [0.1, 0.15) is 10.4 Å². The number of hydrazine groups is 1. The zero-order chi connectivity index (χ0) is 14.5.